The predicted octanol–water partition coefficient (Wildman–Crippen LogP) is 12.0. The zero-order chi connectivity index (χ0) is 33.7. The van der Waals surface area contributed by atoms with Crippen molar-refractivity contribution in [2.75, 3.05) is 0 Å². The minimum atomic E-state index is 0.837. The number of allylic oxidation sites excluding steroid dienone is 4. The third kappa shape index (κ3) is 5.03. The summed E-state index contributed by atoms with van der Waals surface area (Å²) in [6.07, 6.45) is 12.8. The van der Waals surface area contributed by atoms with E-state index >= 15 is 0 Å². The minimum Gasteiger partial charge on any atom is -0.308 e. The second-order valence-corrected chi connectivity index (χ2v) is 13.2. The summed E-state index contributed by atoms with van der Waals surface area (Å²) in [7, 11) is 0. The summed E-state index contributed by atoms with van der Waals surface area (Å²) in [6, 6.07) is 49.5. The van der Waals surface area contributed by atoms with Crippen LogP contribution < -0.4 is 0 Å². The molecule has 4 nitrogen and oxygen atoms in total. The van der Waals surface area contributed by atoms with Crippen molar-refractivity contribution in [3.8, 4) is 39.6 Å². The Labute approximate surface area is 295 Å². The summed E-state index contributed by atoms with van der Waals surface area (Å²) in [5.74, 6) is 0. The van der Waals surface area contributed by atoms with Gasteiger partial charge in [-0.15, -0.1) is 0 Å². The first-order valence-corrected chi connectivity index (χ1v) is 17.5. The van der Waals surface area contributed by atoms with Gasteiger partial charge in [-0.2, -0.15) is 0 Å². The lowest BCUT2D eigenvalue weighted by atomic mass is 9.95. The highest BCUT2D eigenvalue weighted by atomic mass is 15.0. The van der Waals surface area contributed by atoms with E-state index in [0.717, 1.165) is 63.5 Å². The van der Waals surface area contributed by atoms with Crippen LogP contribution in [-0.2, 0) is 0 Å². The van der Waals surface area contributed by atoms with Crippen LogP contribution in [0, 0.1) is 0 Å². The van der Waals surface area contributed by atoms with Gasteiger partial charge in [0.15, 0.2) is 0 Å². The molecule has 0 bridgehead atoms. The van der Waals surface area contributed by atoms with Crippen molar-refractivity contribution >= 4 is 48.9 Å². The van der Waals surface area contributed by atoms with Crippen LogP contribution in [0.5, 0.6) is 0 Å². The molecule has 5 aromatic carbocycles. The first kappa shape index (κ1) is 29.3. The summed E-state index contributed by atoms with van der Waals surface area (Å²) in [4.78, 5) is 15.0. The standard InChI is InChI=1S/C47H32N4/c1-2-12-31(13-3-1)33-26-34(28-35(27-33)51-46-23-9-8-18-39(46)40-24-25-48-30-47(40)51)42-19-10-21-44(49-42)45-22-11-20-43(50-45)41-29-32-14-4-5-15-36(32)37-16-6-7-17-38(37)41/h2,4-30H,1,3H2. The second kappa shape index (κ2) is 12.0. The lowest BCUT2D eigenvalue weighted by molar-refractivity contribution is 1.04. The van der Waals surface area contributed by atoms with Crippen LogP contribution >= 0.6 is 0 Å². The van der Waals surface area contributed by atoms with E-state index in [1.54, 1.807) is 0 Å². The molecule has 0 amide bonds. The van der Waals surface area contributed by atoms with Gasteiger partial charge in [0.2, 0.25) is 0 Å². The molecular weight excluding hydrogens is 621 g/mol. The second-order valence-electron chi connectivity index (χ2n) is 13.2. The Bertz CT molecular complexity index is 2820. The van der Waals surface area contributed by atoms with E-state index in [0.29, 0.717) is 0 Å². The fourth-order valence-electron chi connectivity index (χ4n) is 7.71. The van der Waals surface area contributed by atoms with Gasteiger partial charge in [0.1, 0.15) is 0 Å². The number of nitrogens with zero attached hydrogens (tertiary/aromatic N) is 4. The van der Waals surface area contributed by atoms with Crippen molar-refractivity contribution in [3.05, 3.63) is 176 Å². The fraction of sp³-hybridized carbons (Fsp3) is 0.0426. The molecule has 51 heavy (non-hydrogen) atoms. The third-order valence-electron chi connectivity index (χ3n) is 10.1. The van der Waals surface area contributed by atoms with E-state index in [2.05, 4.69) is 167 Å². The maximum atomic E-state index is 5.27. The number of hydrogen-bond donors (Lipinski definition) is 0. The predicted molar refractivity (Wildman–Crippen MR) is 212 cm³/mol. The van der Waals surface area contributed by atoms with Crippen molar-refractivity contribution in [3.63, 3.8) is 0 Å². The lowest BCUT2D eigenvalue weighted by Gasteiger charge is -2.15. The highest BCUT2D eigenvalue weighted by molar-refractivity contribution is 6.13. The van der Waals surface area contributed by atoms with Crippen LogP contribution in [0.1, 0.15) is 18.4 Å². The van der Waals surface area contributed by atoms with Gasteiger partial charge in [-0.25, -0.2) is 9.97 Å². The van der Waals surface area contributed by atoms with Gasteiger partial charge < -0.3 is 4.57 Å². The number of aromatic nitrogens is 4. The molecule has 0 atom stereocenters. The van der Waals surface area contributed by atoms with Crippen LogP contribution in [0.4, 0.5) is 0 Å². The maximum absolute atomic E-state index is 5.27. The molecule has 4 heterocycles. The van der Waals surface area contributed by atoms with Gasteiger partial charge >= 0.3 is 0 Å². The van der Waals surface area contributed by atoms with Gasteiger partial charge in [-0.1, -0.05) is 97.1 Å². The molecule has 0 unspecified atom stereocenters. The Morgan fingerprint density at radius 2 is 1.18 bits per heavy atom. The molecule has 0 saturated heterocycles. The molecule has 4 heteroatoms. The Kier molecular flexibility index (Phi) is 6.91. The monoisotopic (exact) mass is 652 g/mol. The number of para-hydroxylation sites is 1. The number of rotatable bonds is 5. The Hall–Kier alpha value is -6.65. The van der Waals surface area contributed by atoms with E-state index in [1.807, 2.05) is 12.4 Å². The molecule has 0 fully saturated rings. The maximum Gasteiger partial charge on any atom is 0.0893 e. The molecule has 9 aromatic rings. The van der Waals surface area contributed by atoms with Crippen molar-refractivity contribution in [1.29, 1.82) is 0 Å². The number of benzene rings is 5. The van der Waals surface area contributed by atoms with E-state index in [4.69, 9.17) is 9.97 Å². The van der Waals surface area contributed by atoms with Crippen molar-refractivity contribution < 1.29 is 0 Å². The molecule has 0 N–H and O–H groups in total. The highest BCUT2D eigenvalue weighted by Gasteiger charge is 2.17. The number of hydrogen-bond acceptors (Lipinski definition) is 3. The summed E-state index contributed by atoms with van der Waals surface area (Å²) < 4.78 is 2.33. The minimum absolute atomic E-state index is 0.837. The molecule has 10 rings (SSSR count). The van der Waals surface area contributed by atoms with Gasteiger partial charge in [0, 0.05) is 33.8 Å². The van der Waals surface area contributed by atoms with Gasteiger partial charge in [-0.3, -0.25) is 4.98 Å². The Balaban J connectivity index is 1.12. The van der Waals surface area contributed by atoms with E-state index < -0.39 is 0 Å². The smallest absolute Gasteiger partial charge is 0.0893 e. The molecule has 1 aliphatic carbocycles. The quantitative estimate of drug-likeness (QED) is 0.174. The summed E-state index contributed by atoms with van der Waals surface area (Å²) in [5.41, 5.74) is 11.4. The molecule has 0 radical (unpaired) electrons. The topological polar surface area (TPSA) is 43.6 Å². The Morgan fingerprint density at radius 1 is 0.490 bits per heavy atom. The molecule has 1 aliphatic rings. The van der Waals surface area contributed by atoms with Crippen LogP contribution in [0.3, 0.4) is 0 Å². The summed E-state index contributed by atoms with van der Waals surface area (Å²) >= 11 is 0. The molecule has 0 aliphatic heterocycles. The normalized spacial score (nSPS) is 13.0. The third-order valence-corrected chi connectivity index (χ3v) is 10.1. The summed E-state index contributed by atoms with van der Waals surface area (Å²) in [6.45, 7) is 0. The zero-order valence-electron chi connectivity index (χ0n) is 27.9. The van der Waals surface area contributed by atoms with E-state index in [9.17, 15) is 0 Å². The SMILES string of the molecule is C1=CC(c2cc(-c3cccc(-c4cccc(-c5cc6ccccc6c6ccccc56)n4)n3)cc(-n3c4ccccc4c4ccncc43)c2)=CCC1. The number of pyridine rings is 3. The first-order valence-electron chi connectivity index (χ1n) is 17.5. The van der Waals surface area contributed by atoms with E-state index in [-0.39, 0.29) is 0 Å². The van der Waals surface area contributed by atoms with Gasteiger partial charge in [0.25, 0.3) is 0 Å². The van der Waals surface area contributed by atoms with E-state index in [1.165, 1.54) is 43.5 Å². The first-order chi connectivity index (χ1) is 25.3. The largest absolute Gasteiger partial charge is 0.308 e. The zero-order valence-corrected chi connectivity index (χ0v) is 27.9. The van der Waals surface area contributed by atoms with Crippen molar-refractivity contribution in [2.24, 2.45) is 0 Å². The molecule has 0 saturated carbocycles. The number of fused-ring (bicyclic) bond motifs is 6. The van der Waals surface area contributed by atoms with Gasteiger partial charge in [-0.05, 0) is 106 Å². The molecular formula is C47H32N4. The van der Waals surface area contributed by atoms with Gasteiger partial charge in [0.05, 0.1) is 40.0 Å². The highest BCUT2D eigenvalue weighted by Crippen LogP contribution is 2.37. The molecule has 4 aromatic heterocycles. The lowest BCUT2D eigenvalue weighted by Crippen LogP contribution is -1.99. The van der Waals surface area contributed by atoms with Crippen LogP contribution in [-0.4, -0.2) is 19.5 Å². The fourth-order valence-corrected chi connectivity index (χ4v) is 7.71. The van der Waals surface area contributed by atoms with Crippen molar-refractivity contribution in [1.82, 2.24) is 19.5 Å². The molecule has 0 spiro atoms. The van der Waals surface area contributed by atoms with Crippen LogP contribution in [0.2, 0.25) is 0 Å². The van der Waals surface area contributed by atoms with Crippen molar-refractivity contribution in [2.45, 2.75) is 12.8 Å². The molecule has 240 valence electrons. The summed E-state index contributed by atoms with van der Waals surface area (Å²) in [5, 5.41) is 7.28. The average Bonchev–Trinajstić information content (AvgIpc) is 3.55. The van der Waals surface area contributed by atoms with Crippen LogP contribution in [0.15, 0.2) is 170 Å². The Morgan fingerprint density at radius 3 is 2.02 bits per heavy atom. The average molecular weight is 653 g/mol. The van der Waals surface area contributed by atoms with Crippen LogP contribution in [0.25, 0.3) is 88.5 Å².